The predicted molar refractivity (Wildman–Crippen MR) is 125 cm³/mol. The lowest BCUT2D eigenvalue weighted by atomic mass is 9.89. The molecule has 3 aromatic rings. The van der Waals surface area contributed by atoms with Gasteiger partial charge >= 0.3 is 0 Å². The zero-order chi connectivity index (χ0) is 21.2. The molecule has 0 atom stereocenters. The van der Waals surface area contributed by atoms with Crippen LogP contribution in [0.4, 0.5) is 11.6 Å². The van der Waals surface area contributed by atoms with Crippen LogP contribution in [0.3, 0.4) is 0 Å². The van der Waals surface area contributed by atoms with Gasteiger partial charge in [0.25, 0.3) is 5.56 Å². The van der Waals surface area contributed by atoms with Crippen molar-refractivity contribution in [1.29, 1.82) is 0 Å². The molecular formula is C25H29N5O. The predicted octanol–water partition coefficient (Wildman–Crippen LogP) is 3.83. The van der Waals surface area contributed by atoms with Crippen LogP contribution in [0, 0.1) is 0 Å². The molecule has 0 amide bonds. The normalized spacial score (nSPS) is 17.3. The molecule has 6 nitrogen and oxygen atoms in total. The number of aromatic nitrogens is 3. The fraction of sp³-hybridized carbons (Fsp3) is 0.400. The van der Waals surface area contributed by atoms with Crippen LogP contribution >= 0.6 is 0 Å². The highest BCUT2D eigenvalue weighted by molar-refractivity contribution is 5.59. The van der Waals surface area contributed by atoms with Crippen LogP contribution in [0.5, 0.6) is 0 Å². The van der Waals surface area contributed by atoms with Gasteiger partial charge < -0.3 is 9.80 Å². The Bertz CT molecular complexity index is 1100. The Balaban J connectivity index is 1.33. The van der Waals surface area contributed by atoms with Crippen LogP contribution in [-0.4, -0.2) is 40.7 Å². The third kappa shape index (κ3) is 4.07. The molecule has 160 valence electrons. The van der Waals surface area contributed by atoms with Crippen LogP contribution in [0.2, 0.25) is 0 Å². The second-order valence-electron chi connectivity index (χ2n) is 8.62. The number of benzene rings is 1. The summed E-state index contributed by atoms with van der Waals surface area (Å²) in [6.07, 6.45) is 8.20. The van der Waals surface area contributed by atoms with Crippen LogP contribution in [0.1, 0.15) is 37.2 Å². The number of nitrogens with zero attached hydrogens (tertiary/aromatic N) is 5. The van der Waals surface area contributed by atoms with Crippen molar-refractivity contribution in [2.75, 3.05) is 36.0 Å². The third-order valence-corrected chi connectivity index (χ3v) is 6.68. The highest BCUT2D eigenvalue weighted by Crippen LogP contribution is 2.32. The molecule has 6 heteroatoms. The van der Waals surface area contributed by atoms with Gasteiger partial charge in [0.15, 0.2) is 0 Å². The van der Waals surface area contributed by atoms with Gasteiger partial charge in [-0.3, -0.25) is 14.3 Å². The third-order valence-electron chi connectivity index (χ3n) is 6.68. The highest BCUT2D eigenvalue weighted by Gasteiger charge is 2.24. The molecule has 1 aromatic carbocycles. The van der Waals surface area contributed by atoms with Gasteiger partial charge in [-0.25, -0.2) is 4.98 Å². The number of piperidine rings is 1. The topological polar surface area (TPSA) is 54.3 Å². The van der Waals surface area contributed by atoms with Gasteiger partial charge in [-0.1, -0.05) is 12.1 Å². The minimum atomic E-state index is -0.0303. The molecule has 2 fully saturated rings. The first-order chi connectivity index (χ1) is 15.2. The van der Waals surface area contributed by atoms with E-state index in [-0.39, 0.29) is 5.56 Å². The molecule has 0 aliphatic carbocycles. The first kappa shape index (κ1) is 19.8. The molecule has 5 rings (SSSR count). The van der Waals surface area contributed by atoms with Crippen molar-refractivity contribution in [2.45, 2.75) is 31.6 Å². The summed E-state index contributed by atoms with van der Waals surface area (Å²) >= 11 is 0. The van der Waals surface area contributed by atoms with E-state index in [2.05, 4.69) is 39.0 Å². The van der Waals surface area contributed by atoms with E-state index < -0.39 is 0 Å². The Hall–Kier alpha value is -3.15. The van der Waals surface area contributed by atoms with E-state index >= 15 is 0 Å². The minimum Gasteiger partial charge on any atom is -0.372 e. The molecule has 0 radical (unpaired) electrons. The quantitative estimate of drug-likeness (QED) is 0.648. The van der Waals surface area contributed by atoms with Crippen LogP contribution in [0.25, 0.3) is 11.3 Å². The Morgan fingerprint density at radius 2 is 1.65 bits per heavy atom. The molecule has 31 heavy (non-hydrogen) atoms. The Morgan fingerprint density at radius 3 is 2.39 bits per heavy atom. The zero-order valence-corrected chi connectivity index (χ0v) is 18.1. The van der Waals surface area contributed by atoms with Crippen molar-refractivity contribution in [3.63, 3.8) is 0 Å². The monoisotopic (exact) mass is 415 g/mol. The summed E-state index contributed by atoms with van der Waals surface area (Å²) in [4.78, 5) is 26.3. The summed E-state index contributed by atoms with van der Waals surface area (Å²) in [5, 5.41) is 0. The molecule has 0 unspecified atom stereocenters. The summed E-state index contributed by atoms with van der Waals surface area (Å²) < 4.78 is 1.67. The highest BCUT2D eigenvalue weighted by atomic mass is 16.1. The maximum absolute atomic E-state index is 12.6. The van der Waals surface area contributed by atoms with Crippen molar-refractivity contribution in [3.8, 4) is 11.3 Å². The first-order valence-corrected chi connectivity index (χ1v) is 11.3. The lowest BCUT2D eigenvalue weighted by Gasteiger charge is -2.34. The van der Waals surface area contributed by atoms with Gasteiger partial charge in [-0.15, -0.1) is 0 Å². The summed E-state index contributed by atoms with van der Waals surface area (Å²) in [6.45, 7) is 4.15. The summed E-state index contributed by atoms with van der Waals surface area (Å²) in [7, 11) is 1.81. The van der Waals surface area contributed by atoms with E-state index in [0.29, 0.717) is 11.6 Å². The van der Waals surface area contributed by atoms with Gasteiger partial charge in [0.2, 0.25) is 5.95 Å². The standard InChI is InChI=1S/C25H29N5O/c1-28-24(31)18-23(20-7-11-26-12-8-20)27-25(28)30-15-9-19(10-16-30)21-5-4-6-22(17-21)29-13-2-3-14-29/h4-8,11-12,17-19H,2-3,9-10,13-16H2,1H3. The van der Waals surface area contributed by atoms with E-state index in [0.717, 1.165) is 37.4 Å². The second kappa shape index (κ2) is 8.53. The molecule has 0 spiro atoms. The molecule has 2 aliphatic rings. The molecule has 0 saturated carbocycles. The Labute approximate surface area is 183 Å². The van der Waals surface area contributed by atoms with Gasteiger partial charge in [-0.2, -0.15) is 0 Å². The molecule has 0 bridgehead atoms. The second-order valence-corrected chi connectivity index (χ2v) is 8.62. The van der Waals surface area contributed by atoms with Crippen molar-refractivity contribution >= 4 is 11.6 Å². The van der Waals surface area contributed by atoms with E-state index in [1.54, 1.807) is 23.0 Å². The molecule has 0 N–H and O–H groups in total. The number of pyridine rings is 1. The number of hydrogen-bond donors (Lipinski definition) is 0. The zero-order valence-electron chi connectivity index (χ0n) is 18.1. The van der Waals surface area contributed by atoms with Gasteiger partial charge in [0.05, 0.1) is 5.69 Å². The molecule has 4 heterocycles. The summed E-state index contributed by atoms with van der Waals surface area (Å²) in [5.74, 6) is 1.31. The fourth-order valence-electron chi connectivity index (χ4n) is 4.84. The van der Waals surface area contributed by atoms with Crippen LogP contribution < -0.4 is 15.4 Å². The fourth-order valence-corrected chi connectivity index (χ4v) is 4.84. The van der Waals surface area contributed by atoms with Crippen LogP contribution in [-0.2, 0) is 7.05 Å². The van der Waals surface area contributed by atoms with Crippen molar-refractivity contribution in [2.24, 2.45) is 7.05 Å². The molecule has 2 aromatic heterocycles. The molecular weight excluding hydrogens is 386 g/mol. The number of hydrogen-bond acceptors (Lipinski definition) is 5. The first-order valence-electron chi connectivity index (χ1n) is 11.3. The SMILES string of the molecule is Cn1c(N2CCC(c3cccc(N4CCCC4)c3)CC2)nc(-c2ccncc2)cc1=O. The van der Waals surface area contributed by atoms with Gasteiger partial charge in [-0.05, 0) is 61.4 Å². The van der Waals surface area contributed by atoms with Gasteiger partial charge in [0.1, 0.15) is 0 Å². The molecule has 2 saturated heterocycles. The van der Waals surface area contributed by atoms with Crippen molar-refractivity contribution in [3.05, 3.63) is 70.8 Å². The van der Waals surface area contributed by atoms with Crippen molar-refractivity contribution in [1.82, 2.24) is 14.5 Å². The van der Waals surface area contributed by atoms with Crippen LogP contribution in [0.15, 0.2) is 59.7 Å². The van der Waals surface area contributed by atoms with E-state index in [4.69, 9.17) is 4.98 Å². The number of anilines is 2. The maximum atomic E-state index is 12.6. The molecule has 2 aliphatic heterocycles. The number of rotatable bonds is 4. The average Bonchev–Trinajstić information content (AvgIpc) is 3.37. The lowest BCUT2D eigenvalue weighted by molar-refractivity contribution is 0.493. The van der Waals surface area contributed by atoms with Gasteiger partial charge in [0, 0.05) is 62.9 Å². The minimum absolute atomic E-state index is 0.0303. The largest absolute Gasteiger partial charge is 0.372 e. The average molecular weight is 416 g/mol. The lowest BCUT2D eigenvalue weighted by Crippen LogP contribution is -2.37. The Morgan fingerprint density at radius 1 is 0.903 bits per heavy atom. The van der Waals surface area contributed by atoms with E-state index in [1.807, 2.05) is 19.2 Å². The van der Waals surface area contributed by atoms with E-state index in [1.165, 1.54) is 37.2 Å². The maximum Gasteiger partial charge on any atom is 0.255 e. The van der Waals surface area contributed by atoms with E-state index in [9.17, 15) is 4.79 Å². The smallest absolute Gasteiger partial charge is 0.255 e. The summed E-state index contributed by atoms with van der Waals surface area (Å²) in [5.41, 5.74) is 4.41. The Kier molecular flexibility index (Phi) is 5.45. The van der Waals surface area contributed by atoms with Crippen molar-refractivity contribution < 1.29 is 0 Å². The summed E-state index contributed by atoms with van der Waals surface area (Å²) in [6, 6.07) is 14.5.